The second-order valence-electron chi connectivity index (χ2n) is 44.1. The number of carboxylic acids is 3. The van der Waals surface area contributed by atoms with Crippen LogP contribution in [0.25, 0.3) is 61.8 Å². The van der Waals surface area contributed by atoms with Crippen molar-refractivity contribution in [3.63, 3.8) is 0 Å². The van der Waals surface area contributed by atoms with Crippen LogP contribution in [0.2, 0.25) is 0 Å². The van der Waals surface area contributed by atoms with Crippen molar-refractivity contribution < 1.29 is 63.2 Å². The molecule has 9 aliphatic rings. The van der Waals surface area contributed by atoms with Gasteiger partial charge in [-0.25, -0.2) is 29.9 Å². The Morgan fingerprint density at radius 2 is 0.707 bits per heavy atom. The lowest BCUT2D eigenvalue weighted by Crippen LogP contribution is -2.59. The number of aromatic amines is 1. The zero-order valence-electron chi connectivity index (χ0n) is 88.1. The fourth-order valence-corrected chi connectivity index (χ4v) is 26.1. The van der Waals surface area contributed by atoms with Crippen LogP contribution >= 0.6 is 22.7 Å². The summed E-state index contributed by atoms with van der Waals surface area (Å²) in [6.45, 7) is 14.1. The lowest BCUT2D eigenvalue weighted by atomic mass is 9.70. The maximum atomic E-state index is 13.6. The Balaban J connectivity index is 0.000000153. The number of allylic oxidation sites excluding steroid dienone is 6. The summed E-state index contributed by atoms with van der Waals surface area (Å²) in [6, 6.07) is 35.5. The summed E-state index contributed by atoms with van der Waals surface area (Å²) in [7, 11) is 1.58. The van der Waals surface area contributed by atoms with E-state index in [-0.39, 0.29) is 75.2 Å². The molecule has 0 spiro atoms. The number of carbonyl (C=O) groups is 9. The summed E-state index contributed by atoms with van der Waals surface area (Å²) in [5.41, 5.74) is 13.7. The molecule has 6 aromatic heterocycles. The quantitative estimate of drug-likeness (QED) is 0.0190. The number of thiophene rings is 2. The highest BCUT2D eigenvalue weighted by Gasteiger charge is 2.44. The van der Waals surface area contributed by atoms with Gasteiger partial charge in [-0.1, -0.05) is 210 Å². The van der Waals surface area contributed by atoms with E-state index in [0.717, 1.165) is 175 Å². The van der Waals surface area contributed by atoms with E-state index in [1.165, 1.54) is 189 Å². The zero-order chi connectivity index (χ0) is 105. The van der Waals surface area contributed by atoms with Gasteiger partial charge in [-0.3, -0.25) is 43.2 Å². The van der Waals surface area contributed by atoms with E-state index in [0.29, 0.717) is 57.4 Å². The number of nitrogens with one attached hydrogen (secondary N) is 4. The molecule has 19 rings (SSSR count). The van der Waals surface area contributed by atoms with Crippen LogP contribution in [0.3, 0.4) is 0 Å². The van der Waals surface area contributed by atoms with Crippen LogP contribution in [0.4, 0.5) is 0 Å². The maximum absolute atomic E-state index is 13.6. The van der Waals surface area contributed by atoms with E-state index in [2.05, 4.69) is 73.8 Å². The minimum Gasteiger partial charge on any atom is -0.497 e. The van der Waals surface area contributed by atoms with Crippen molar-refractivity contribution in [3.8, 4) is 39.9 Å². The fraction of sp³-hybridized carbons (Fsp3) is 0.500. The first kappa shape index (κ1) is 109. The van der Waals surface area contributed by atoms with Crippen molar-refractivity contribution in [2.75, 3.05) is 46.4 Å². The van der Waals surface area contributed by atoms with Crippen LogP contribution < -0.4 is 20.7 Å². The number of carboxylic acid groups (broad SMARTS) is 3. The number of fused-ring (bicyclic) bond motifs is 1. The number of aliphatic carboxylic acids is 3. The van der Waals surface area contributed by atoms with Crippen LogP contribution in [-0.2, 0) is 60.9 Å². The average molecular weight is 2070 g/mol. The lowest BCUT2D eigenvalue weighted by Gasteiger charge is -2.38. The predicted octanol–water partition coefficient (Wildman–Crippen LogP) is 22.8. The molecule has 28 heteroatoms. The maximum Gasteiger partial charge on any atom is 0.310 e. The van der Waals surface area contributed by atoms with Gasteiger partial charge < -0.3 is 55.7 Å². The molecular weight excluding hydrogens is 1920 g/mol. The Labute approximate surface area is 890 Å². The number of ether oxygens (including phenoxy) is 1. The predicted molar refractivity (Wildman–Crippen MR) is 589 cm³/mol. The molecule has 26 nitrogen and oxygen atoms in total. The molecule has 3 saturated carbocycles. The van der Waals surface area contributed by atoms with Crippen molar-refractivity contribution in [3.05, 3.63) is 235 Å². The highest BCUT2D eigenvalue weighted by atomic mass is 32.1. The Morgan fingerprint density at radius 1 is 0.380 bits per heavy atom. The molecule has 3 unspecified atom stereocenters. The number of H-pyrrole nitrogens is 1. The van der Waals surface area contributed by atoms with Gasteiger partial charge in [0, 0.05) is 150 Å². The largest absolute Gasteiger partial charge is 0.497 e. The number of carbonyl (C=O) groups excluding carboxylic acids is 6. The van der Waals surface area contributed by atoms with Gasteiger partial charge in [0.15, 0.2) is 17.5 Å². The van der Waals surface area contributed by atoms with Crippen LogP contribution in [0.5, 0.6) is 5.75 Å². The fourth-order valence-electron chi connectivity index (χ4n) is 24.2. The van der Waals surface area contributed by atoms with Crippen molar-refractivity contribution in [2.24, 2.45) is 76.9 Å². The third-order valence-corrected chi connectivity index (χ3v) is 35.7. The molecule has 4 aromatic carbocycles. The van der Waals surface area contributed by atoms with Gasteiger partial charge in [0.05, 0.1) is 34.6 Å². The van der Waals surface area contributed by atoms with Gasteiger partial charge in [0.1, 0.15) is 29.6 Å². The molecule has 3 aliphatic heterocycles. The van der Waals surface area contributed by atoms with E-state index in [1.54, 1.807) is 25.3 Å². The number of amides is 6. The number of benzene rings is 4. The normalized spacial score (nSPS) is 21.6. The minimum absolute atomic E-state index is 0.122. The molecule has 6 atom stereocenters. The first-order valence-electron chi connectivity index (χ1n) is 55.4. The lowest BCUT2D eigenvalue weighted by molar-refractivity contribution is -0.155. The van der Waals surface area contributed by atoms with Gasteiger partial charge >= 0.3 is 17.9 Å². The number of aromatic nitrogens is 7. The molecule has 792 valence electrons. The van der Waals surface area contributed by atoms with E-state index in [4.69, 9.17) is 34.6 Å². The molecule has 6 aliphatic carbocycles. The number of likely N-dealkylation sites (tertiary alicyclic amines) is 3. The van der Waals surface area contributed by atoms with E-state index < -0.39 is 59.7 Å². The van der Waals surface area contributed by atoms with Crippen molar-refractivity contribution in [2.45, 2.75) is 265 Å². The van der Waals surface area contributed by atoms with E-state index >= 15 is 0 Å². The number of aryl methyl sites for hydroxylation is 1. The molecule has 6 amide bonds. The molecule has 150 heavy (non-hydrogen) atoms. The summed E-state index contributed by atoms with van der Waals surface area (Å²) in [6.07, 6.45) is 57.0. The SMILES string of the molecule is CCCC1CCC(C2CC=C(c3cnc(-c4ccc(C[C@H](NC(=O)c5cc6cc(OC)ccc6[nH]5)C(=O)N5CC(C(=O)O)C5)cc4)nc3)CC2)CC1.CCCC1CCC(C2CC=C(c3cnc(-c4ccc(C[C@H](NC(=O)c5ccc(CC(C)C)s5)C(=O)N5CC(C(=O)O)C5)cc4)nc3)CC2)CC1.CCCC1CCC(C2CC=C(c3cnc(-c4ccc(C[C@H](NC(=O)c5ccc(CC)s5)C(=O)N5CC(C(=O)O)C5)cc4)nc3)CC2)CC1. The Bertz CT molecular complexity index is 6390. The first-order chi connectivity index (χ1) is 72.7. The van der Waals surface area contributed by atoms with Crippen LogP contribution in [0, 0.1) is 76.9 Å². The zero-order valence-corrected chi connectivity index (χ0v) is 89.7. The molecule has 0 bridgehead atoms. The van der Waals surface area contributed by atoms with E-state index in [1.807, 2.05) is 147 Å². The number of methoxy groups -OCH3 is 1. The van der Waals surface area contributed by atoms with Crippen LogP contribution in [-0.4, -0.2) is 183 Å². The van der Waals surface area contributed by atoms with Crippen LogP contribution in [0.1, 0.15) is 288 Å². The molecular formula is C122H149N13O13S2. The third kappa shape index (κ3) is 28.0. The third-order valence-electron chi connectivity index (χ3n) is 33.4. The summed E-state index contributed by atoms with van der Waals surface area (Å²) in [5.74, 6) is 4.70. The van der Waals surface area contributed by atoms with Crippen LogP contribution in [0.15, 0.2) is 177 Å². The summed E-state index contributed by atoms with van der Waals surface area (Å²) in [5, 5.41) is 37.5. The second-order valence-corrected chi connectivity index (χ2v) is 46.5. The number of hydrogen-bond donors (Lipinski definition) is 7. The van der Waals surface area contributed by atoms with Gasteiger partial charge in [0.2, 0.25) is 17.7 Å². The van der Waals surface area contributed by atoms with Crippen molar-refractivity contribution >= 4 is 104 Å². The molecule has 0 radical (unpaired) electrons. The second kappa shape index (κ2) is 51.4. The number of hydrogen-bond acceptors (Lipinski definition) is 18. The molecule has 3 saturated heterocycles. The van der Waals surface area contributed by atoms with Crippen molar-refractivity contribution in [1.82, 2.24) is 65.5 Å². The smallest absolute Gasteiger partial charge is 0.310 e. The topological polar surface area (TPSA) is 362 Å². The summed E-state index contributed by atoms with van der Waals surface area (Å²) in [4.78, 5) is 154. The Kier molecular flexibility index (Phi) is 37.2. The summed E-state index contributed by atoms with van der Waals surface area (Å²) < 4.78 is 5.30. The average Bonchev–Trinajstić information content (AvgIpc) is 1.70. The summed E-state index contributed by atoms with van der Waals surface area (Å²) >= 11 is 2.86. The number of rotatable bonds is 37. The first-order valence-corrected chi connectivity index (χ1v) is 57.0. The highest BCUT2D eigenvalue weighted by molar-refractivity contribution is 7.14. The van der Waals surface area contributed by atoms with Gasteiger partial charge in [-0.15, -0.1) is 22.7 Å². The molecule has 6 fully saturated rings. The Morgan fingerprint density at radius 3 is 1.00 bits per heavy atom. The monoisotopic (exact) mass is 2070 g/mol. The molecule has 10 aromatic rings. The van der Waals surface area contributed by atoms with Gasteiger partial charge in [-0.05, 0) is 250 Å². The van der Waals surface area contributed by atoms with Crippen molar-refractivity contribution in [1.29, 1.82) is 0 Å². The molecule has 7 N–H and O–H groups in total. The minimum atomic E-state index is -0.928. The molecule has 9 heterocycles. The standard InChI is InChI=1S/C42H49N5O5.C41H52N4O4S.C39H48N4O4S/c1-3-4-26-5-9-28(10-6-26)29-13-15-30(16-14-29)33-22-43-39(44-23-33)31-11-7-27(8-12-31)19-38(41(49)47-24-34(25-47)42(50)51)46-40(48)37-21-32-20-35(52-2)17-18-36(32)45-37;1-4-5-27-6-10-29(11-7-27)30-14-16-31(17-15-30)33-22-42-38(43-23-33)32-12-8-28(9-13-32)21-36(40(47)45-24-34(25-45)41(48)49)44-39(46)37-19-18-35(50-37)20-26(2)3;1-3-5-25-6-10-27(11-7-25)28-14-16-29(17-15-28)31-21-40-36(41-22-31)30-12-8-26(9-13-30)20-34(38(45)43-23-32(24-43)39(46)47)42-37(44)35-19-18-33(4-2)48-35/h7-8,11-12,15,17-18,20-23,26,28-29,34,38,45H,3-6,9-10,13-14,16,19,24-25H2,1-2H3,(H,46,48)(H,50,51);8-9,12-13,16,18-19,22-23,26-27,29-30,34,36H,4-7,10-11,14-15,17,20-21,24-25H2,1-3H3,(H,44,46)(H,48,49);8-9,12-13,16,18-19,21-22,25,27-28,32,34H,3-7,10-11,14-15,17,20,23-24H2,1-2H3,(H,42,44)(H,46,47)/t26?,28?,29?,38-;27?,29?,30?,36-;25?,27?,28?,34-/m000/s1. The van der Waals surface area contributed by atoms with Gasteiger partial charge in [-0.2, -0.15) is 0 Å². The Hall–Kier alpha value is -12.7. The highest BCUT2D eigenvalue weighted by Crippen LogP contribution is 2.47. The van der Waals surface area contributed by atoms with Gasteiger partial charge in [0.25, 0.3) is 17.7 Å². The number of nitrogens with zero attached hydrogens (tertiary/aromatic N) is 9. The van der Waals surface area contributed by atoms with E-state index in [9.17, 15) is 58.5 Å².